The molecule has 4 saturated carbocycles. The zero-order valence-corrected chi connectivity index (χ0v) is 19.1. The molecule has 1 aromatic heterocycles. The zero-order valence-electron chi connectivity index (χ0n) is 18.3. The van der Waals surface area contributed by atoms with Crippen molar-refractivity contribution in [2.75, 3.05) is 31.1 Å². The fourth-order valence-electron chi connectivity index (χ4n) is 7.73. The lowest BCUT2D eigenvalue weighted by molar-refractivity contribution is -0.0364. The van der Waals surface area contributed by atoms with E-state index < -0.39 is 0 Å². The van der Waals surface area contributed by atoms with Gasteiger partial charge in [-0.3, -0.25) is 9.48 Å². The van der Waals surface area contributed by atoms with Crippen molar-refractivity contribution in [3.05, 3.63) is 17.0 Å². The van der Waals surface area contributed by atoms with E-state index in [2.05, 4.69) is 5.32 Å². The summed E-state index contributed by atoms with van der Waals surface area (Å²) < 4.78 is 1.98. The molecule has 0 spiro atoms. The van der Waals surface area contributed by atoms with Crippen LogP contribution < -0.4 is 5.32 Å². The highest BCUT2D eigenvalue weighted by Crippen LogP contribution is 2.56. The van der Waals surface area contributed by atoms with Gasteiger partial charge in [-0.15, -0.1) is 0 Å². The molecule has 6 heteroatoms. The maximum Gasteiger partial charge on any atom is 0.274 e. The van der Waals surface area contributed by atoms with Crippen LogP contribution in [0.15, 0.2) is 0 Å². The van der Waals surface area contributed by atoms with E-state index in [9.17, 15) is 4.79 Å². The SMILES string of the molecule is Cn1nc(C(=O)N2CCSCC2)c2c1CC[C@H](NCC1C3CC4CC(C3)CC1C4)C2. The van der Waals surface area contributed by atoms with Gasteiger partial charge in [-0.2, -0.15) is 16.9 Å². The summed E-state index contributed by atoms with van der Waals surface area (Å²) in [4.78, 5) is 15.2. The number of hydrogen-bond acceptors (Lipinski definition) is 4. The van der Waals surface area contributed by atoms with Gasteiger partial charge < -0.3 is 10.2 Å². The summed E-state index contributed by atoms with van der Waals surface area (Å²) in [6, 6.07) is 0.502. The summed E-state index contributed by atoms with van der Waals surface area (Å²) in [5, 5.41) is 8.68. The van der Waals surface area contributed by atoms with E-state index in [4.69, 9.17) is 5.10 Å². The number of carbonyl (C=O) groups is 1. The quantitative estimate of drug-likeness (QED) is 0.801. The summed E-state index contributed by atoms with van der Waals surface area (Å²) in [5.41, 5.74) is 3.26. The summed E-state index contributed by atoms with van der Waals surface area (Å²) in [6.07, 6.45) is 10.7. The lowest BCUT2D eigenvalue weighted by atomic mass is 9.52. The third kappa shape index (κ3) is 3.42. The minimum absolute atomic E-state index is 0.161. The average Bonchev–Trinajstić information content (AvgIpc) is 3.09. The van der Waals surface area contributed by atoms with Crippen molar-refractivity contribution in [1.29, 1.82) is 0 Å². The Morgan fingerprint density at radius 2 is 1.80 bits per heavy atom. The fraction of sp³-hybridized carbons (Fsp3) is 0.833. The van der Waals surface area contributed by atoms with Gasteiger partial charge in [-0.25, -0.2) is 0 Å². The van der Waals surface area contributed by atoms with Crippen LogP contribution in [0.1, 0.15) is 60.3 Å². The van der Waals surface area contributed by atoms with Crippen molar-refractivity contribution in [3.8, 4) is 0 Å². The Morgan fingerprint density at radius 1 is 1.10 bits per heavy atom. The number of fused-ring (bicyclic) bond motifs is 1. The first-order valence-electron chi connectivity index (χ1n) is 12.3. The second-order valence-electron chi connectivity index (χ2n) is 10.7. The molecule has 1 saturated heterocycles. The van der Waals surface area contributed by atoms with Crippen molar-refractivity contribution in [2.24, 2.45) is 36.6 Å². The first kappa shape index (κ1) is 19.7. The molecule has 1 N–H and O–H groups in total. The molecule has 7 rings (SSSR count). The predicted octanol–water partition coefficient (Wildman–Crippen LogP) is 3.13. The summed E-state index contributed by atoms with van der Waals surface area (Å²) in [7, 11) is 2.02. The Bertz CT molecular complexity index is 786. The maximum atomic E-state index is 13.2. The Hall–Kier alpha value is -1.01. The van der Waals surface area contributed by atoms with Crippen LogP contribution in [0.4, 0.5) is 0 Å². The molecule has 5 aliphatic carbocycles. The lowest BCUT2D eigenvalue weighted by Gasteiger charge is -2.54. The normalized spacial score (nSPS) is 37.4. The van der Waals surface area contributed by atoms with Crippen LogP contribution in [0.2, 0.25) is 0 Å². The zero-order chi connectivity index (χ0) is 20.2. The summed E-state index contributed by atoms with van der Waals surface area (Å²) in [5.74, 6) is 7.25. The van der Waals surface area contributed by atoms with Gasteiger partial charge in [0.2, 0.25) is 0 Å². The third-order valence-corrected chi connectivity index (χ3v) is 9.96. The Balaban J connectivity index is 1.13. The van der Waals surface area contributed by atoms with Crippen LogP contribution in [0.5, 0.6) is 0 Å². The second kappa shape index (κ2) is 7.84. The molecule has 1 atom stereocenters. The predicted molar refractivity (Wildman–Crippen MR) is 121 cm³/mol. The van der Waals surface area contributed by atoms with Gasteiger partial charge in [0.15, 0.2) is 5.69 Å². The van der Waals surface area contributed by atoms with Crippen LogP contribution in [0, 0.1) is 29.6 Å². The highest BCUT2D eigenvalue weighted by Gasteiger charge is 2.48. The minimum atomic E-state index is 0.161. The monoisotopic (exact) mass is 428 g/mol. The van der Waals surface area contributed by atoms with E-state index in [0.29, 0.717) is 6.04 Å². The maximum absolute atomic E-state index is 13.2. The molecular weight excluding hydrogens is 392 g/mol. The van der Waals surface area contributed by atoms with Gasteiger partial charge in [0.05, 0.1) is 0 Å². The van der Waals surface area contributed by atoms with Crippen molar-refractivity contribution in [2.45, 2.75) is 57.4 Å². The van der Waals surface area contributed by atoms with E-state index in [1.807, 2.05) is 28.4 Å². The van der Waals surface area contributed by atoms with E-state index in [0.717, 1.165) is 72.7 Å². The molecule has 0 radical (unpaired) electrons. The molecule has 0 unspecified atom stereocenters. The van der Waals surface area contributed by atoms with Crippen LogP contribution in [0.3, 0.4) is 0 Å². The average molecular weight is 429 g/mol. The van der Waals surface area contributed by atoms with Crippen molar-refractivity contribution >= 4 is 17.7 Å². The van der Waals surface area contributed by atoms with Crippen molar-refractivity contribution in [1.82, 2.24) is 20.0 Å². The Morgan fingerprint density at radius 3 is 2.50 bits per heavy atom. The standard InChI is InChI=1S/C24H36N4OS/c1-27-22-3-2-19(13-20(22)23(26-27)24(29)28-4-6-30-7-5-28)25-14-21-17-9-15-8-16(11-17)12-18(21)10-15/h15-19,21,25H,2-14H2,1H3/t15?,16?,17?,18?,19-,21?/m0/s1. The molecule has 5 nitrogen and oxygen atoms in total. The molecule has 1 aromatic rings. The first-order valence-corrected chi connectivity index (χ1v) is 13.5. The highest BCUT2D eigenvalue weighted by atomic mass is 32.2. The number of nitrogens with zero attached hydrogens (tertiary/aromatic N) is 3. The van der Waals surface area contributed by atoms with Crippen LogP contribution in [-0.4, -0.2) is 57.8 Å². The van der Waals surface area contributed by atoms with E-state index in [1.165, 1.54) is 56.3 Å². The van der Waals surface area contributed by atoms with Gasteiger partial charge in [0.1, 0.15) is 0 Å². The summed E-state index contributed by atoms with van der Waals surface area (Å²) in [6.45, 7) is 2.92. The van der Waals surface area contributed by atoms with Crippen LogP contribution in [-0.2, 0) is 19.9 Å². The second-order valence-corrected chi connectivity index (χ2v) is 12.0. The molecule has 6 aliphatic rings. The highest BCUT2D eigenvalue weighted by molar-refractivity contribution is 7.99. The molecule has 4 bridgehead atoms. The van der Waals surface area contributed by atoms with Gasteiger partial charge in [-0.1, -0.05) is 0 Å². The van der Waals surface area contributed by atoms with Crippen molar-refractivity contribution < 1.29 is 4.79 Å². The van der Waals surface area contributed by atoms with Gasteiger partial charge >= 0.3 is 0 Å². The Labute approximate surface area is 184 Å². The number of thioether (sulfide) groups is 1. The van der Waals surface area contributed by atoms with E-state index >= 15 is 0 Å². The van der Waals surface area contributed by atoms with Gasteiger partial charge in [-0.05, 0) is 87.5 Å². The number of aromatic nitrogens is 2. The molecule has 30 heavy (non-hydrogen) atoms. The smallest absolute Gasteiger partial charge is 0.274 e. The summed E-state index contributed by atoms with van der Waals surface area (Å²) >= 11 is 1.95. The number of nitrogens with one attached hydrogen (secondary N) is 1. The largest absolute Gasteiger partial charge is 0.336 e. The number of carbonyl (C=O) groups excluding carboxylic acids is 1. The van der Waals surface area contributed by atoms with Crippen LogP contribution >= 0.6 is 11.8 Å². The topological polar surface area (TPSA) is 50.2 Å². The lowest BCUT2D eigenvalue weighted by Crippen LogP contribution is -2.50. The van der Waals surface area contributed by atoms with Gasteiger partial charge in [0, 0.05) is 48.9 Å². The van der Waals surface area contributed by atoms with Gasteiger partial charge in [0.25, 0.3) is 5.91 Å². The molecular formula is C24H36N4OS. The Kier molecular flexibility index (Phi) is 5.14. The first-order chi connectivity index (χ1) is 14.7. The van der Waals surface area contributed by atoms with E-state index in [1.54, 1.807) is 0 Å². The molecule has 2 heterocycles. The minimum Gasteiger partial charge on any atom is -0.336 e. The molecule has 1 aliphatic heterocycles. The number of rotatable bonds is 4. The number of hydrogen-bond donors (Lipinski definition) is 1. The van der Waals surface area contributed by atoms with Crippen LogP contribution in [0.25, 0.3) is 0 Å². The molecule has 164 valence electrons. The molecule has 0 aromatic carbocycles. The molecule has 5 fully saturated rings. The van der Waals surface area contributed by atoms with E-state index in [-0.39, 0.29) is 5.91 Å². The fourth-order valence-corrected chi connectivity index (χ4v) is 8.63. The number of aryl methyl sites for hydroxylation is 1. The number of amides is 1. The third-order valence-electron chi connectivity index (χ3n) is 9.02. The van der Waals surface area contributed by atoms with Crippen molar-refractivity contribution in [3.63, 3.8) is 0 Å². The molecule has 1 amide bonds.